The van der Waals surface area contributed by atoms with E-state index < -0.39 is 0 Å². The second-order valence-corrected chi connectivity index (χ2v) is 6.27. The van der Waals surface area contributed by atoms with Crippen LogP contribution in [-0.4, -0.2) is 40.4 Å². The third-order valence-corrected chi connectivity index (χ3v) is 4.80. The Morgan fingerprint density at radius 1 is 1.24 bits per heavy atom. The predicted molar refractivity (Wildman–Crippen MR) is 88.5 cm³/mol. The number of nitrogens with zero attached hydrogens (tertiary/aromatic N) is 3. The van der Waals surface area contributed by atoms with Crippen LogP contribution in [0.3, 0.4) is 0 Å². The van der Waals surface area contributed by atoms with Gasteiger partial charge in [-0.1, -0.05) is 13.8 Å². The molecular formula is C17H32N4. The summed E-state index contributed by atoms with van der Waals surface area (Å²) < 4.78 is 2.17. The largest absolute Gasteiger partial charge is 0.314 e. The van der Waals surface area contributed by atoms with Gasteiger partial charge in [0, 0.05) is 25.2 Å². The van der Waals surface area contributed by atoms with Crippen molar-refractivity contribution in [1.29, 1.82) is 0 Å². The first kappa shape index (κ1) is 16.5. The molecule has 0 aliphatic heterocycles. The maximum absolute atomic E-state index is 4.66. The Bertz CT molecular complexity index is 418. The highest BCUT2D eigenvalue weighted by Gasteiger charge is 2.24. The zero-order valence-electron chi connectivity index (χ0n) is 14.2. The van der Waals surface area contributed by atoms with Gasteiger partial charge in [0.1, 0.15) is 0 Å². The fraction of sp³-hybridized carbons (Fsp3) is 0.824. The van der Waals surface area contributed by atoms with Gasteiger partial charge in [-0.2, -0.15) is 5.10 Å². The summed E-state index contributed by atoms with van der Waals surface area (Å²) in [6, 6.07) is 3.75. The molecule has 1 aromatic rings. The topological polar surface area (TPSA) is 33.1 Å². The van der Waals surface area contributed by atoms with Crippen molar-refractivity contribution in [3.63, 3.8) is 0 Å². The first-order valence-corrected chi connectivity index (χ1v) is 8.67. The van der Waals surface area contributed by atoms with Crippen molar-refractivity contribution in [3.05, 3.63) is 17.5 Å². The van der Waals surface area contributed by atoms with Crippen LogP contribution in [0.25, 0.3) is 0 Å². The van der Waals surface area contributed by atoms with E-state index in [1.165, 1.54) is 37.1 Å². The Hall–Kier alpha value is -0.870. The monoisotopic (exact) mass is 292 g/mol. The van der Waals surface area contributed by atoms with Gasteiger partial charge in [-0.15, -0.1) is 0 Å². The van der Waals surface area contributed by atoms with Crippen molar-refractivity contribution in [1.82, 2.24) is 20.0 Å². The molecule has 0 amide bonds. The summed E-state index contributed by atoms with van der Waals surface area (Å²) in [6.45, 7) is 9.65. The molecule has 1 fully saturated rings. The quantitative estimate of drug-likeness (QED) is 0.839. The van der Waals surface area contributed by atoms with Crippen molar-refractivity contribution in [2.75, 3.05) is 13.6 Å². The molecule has 21 heavy (non-hydrogen) atoms. The lowest BCUT2D eigenvalue weighted by Crippen LogP contribution is -2.40. The average molecular weight is 292 g/mol. The molecular weight excluding hydrogens is 260 g/mol. The number of nitrogens with one attached hydrogen (secondary N) is 1. The Kier molecular flexibility index (Phi) is 6.24. The molecule has 1 aliphatic rings. The normalized spacial score (nSPS) is 22.9. The van der Waals surface area contributed by atoms with Crippen molar-refractivity contribution < 1.29 is 0 Å². The fourth-order valence-corrected chi connectivity index (χ4v) is 3.48. The number of aromatic nitrogens is 2. The van der Waals surface area contributed by atoms with E-state index in [1.54, 1.807) is 0 Å². The number of rotatable bonds is 7. The van der Waals surface area contributed by atoms with Gasteiger partial charge in [0.05, 0.1) is 11.4 Å². The molecule has 1 aromatic heterocycles. The van der Waals surface area contributed by atoms with E-state index in [-0.39, 0.29) is 0 Å². The van der Waals surface area contributed by atoms with Gasteiger partial charge in [0.15, 0.2) is 0 Å². The molecule has 2 rings (SSSR count). The van der Waals surface area contributed by atoms with E-state index in [2.05, 4.69) is 53.9 Å². The lowest BCUT2D eigenvalue weighted by molar-refractivity contribution is 0.165. The Morgan fingerprint density at radius 2 is 1.95 bits per heavy atom. The van der Waals surface area contributed by atoms with Crippen LogP contribution in [-0.2, 0) is 19.5 Å². The Balaban J connectivity index is 1.90. The van der Waals surface area contributed by atoms with E-state index in [4.69, 9.17) is 0 Å². The van der Waals surface area contributed by atoms with E-state index in [1.807, 2.05) is 0 Å². The van der Waals surface area contributed by atoms with Gasteiger partial charge in [-0.3, -0.25) is 9.58 Å². The third kappa shape index (κ3) is 4.30. The Labute approximate surface area is 129 Å². The van der Waals surface area contributed by atoms with Crippen molar-refractivity contribution in [2.24, 2.45) is 0 Å². The number of aryl methyl sites for hydroxylation is 2. The molecule has 0 saturated heterocycles. The van der Waals surface area contributed by atoms with Crippen LogP contribution in [0, 0.1) is 0 Å². The molecule has 4 heteroatoms. The molecule has 0 spiro atoms. The molecule has 0 bridgehead atoms. The van der Waals surface area contributed by atoms with Crippen LogP contribution in [0.4, 0.5) is 0 Å². The highest BCUT2D eigenvalue weighted by molar-refractivity contribution is 5.10. The van der Waals surface area contributed by atoms with Crippen LogP contribution < -0.4 is 5.32 Å². The van der Waals surface area contributed by atoms with Gasteiger partial charge >= 0.3 is 0 Å². The maximum Gasteiger partial charge on any atom is 0.0625 e. The smallest absolute Gasteiger partial charge is 0.0625 e. The van der Waals surface area contributed by atoms with E-state index in [0.29, 0.717) is 0 Å². The molecule has 1 heterocycles. The standard InChI is InChI=1S/C17H32N4/c1-5-14-12-17(21(7-3)19-14)13-20(4)16-10-8-15(9-11-16)18-6-2/h12,15-16,18H,5-11,13H2,1-4H3. The number of hydrogen-bond donors (Lipinski definition) is 1. The van der Waals surface area contributed by atoms with E-state index in [0.717, 1.165) is 38.1 Å². The lowest BCUT2D eigenvalue weighted by Gasteiger charge is -2.35. The predicted octanol–water partition coefficient (Wildman–Crippen LogP) is 2.82. The first-order valence-electron chi connectivity index (χ1n) is 8.67. The van der Waals surface area contributed by atoms with Crippen LogP contribution in [0.15, 0.2) is 6.07 Å². The van der Waals surface area contributed by atoms with Gasteiger partial charge in [-0.25, -0.2) is 0 Å². The summed E-state index contributed by atoms with van der Waals surface area (Å²) in [4.78, 5) is 2.53. The van der Waals surface area contributed by atoms with Crippen LogP contribution >= 0.6 is 0 Å². The van der Waals surface area contributed by atoms with Crippen LogP contribution in [0.2, 0.25) is 0 Å². The van der Waals surface area contributed by atoms with Crippen LogP contribution in [0.5, 0.6) is 0 Å². The second-order valence-electron chi connectivity index (χ2n) is 6.27. The second kappa shape index (κ2) is 7.95. The van der Waals surface area contributed by atoms with Crippen molar-refractivity contribution in [2.45, 2.75) is 78.0 Å². The first-order chi connectivity index (χ1) is 10.2. The molecule has 120 valence electrons. The fourth-order valence-electron chi connectivity index (χ4n) is 3.48. The molecule has 0 radical (unpaired) electrons. The molecule has 4 nitrogen and oxygen atoms in total. The summed E-state index contributed by atoms with van der Waals surface area (Å²) in [6.07, 6.45) is 6.29. The lowest BCUT2D eigenvalue weighted by atomic mass is 9.90. The SMILES string of the molecule is CCNC1CCC(N(C)Cc2cc(CC)nn2CC)CC1. The van der Waals surface area contributed by atoms with Gasteiger partial charge in [0.25, 0.3) is 0 Å². The highest BCUT2D eigenvalue weighted by Crippen LogP contribution is 2.23. The van der Waals surface area contributed by atoms with E-state index in [9.17, 15) is 0 Å². The average Bonchev–Trinajstić information content (AvgIpc) is 2.90. The van der Waals surface area contributed by atoms with Gasteiger partial charge in [0.2, 0.25) is 0 Å². The number of hydrogen-bond acceptors (Lipinski definition) is 3. The minimum Gasteiger partial charge on any atom is -0.314 e. The summed E-state index contributed by atoms with van der Waals surface area (Å²) in [5.74, 6) is 0. The summed E-state index contributed by atoms with van der Waals surface area (Å²) >= 11 is 0. The zero-order chi connectivity index (χ0) is 15.2. The molecule has 0 unspecified atom stereocenters. The van der Waals surface area contributed by atoms with Gasteiger partial charge < -0.3 is 5.32 Å². The summed E-state index contributed by atoms with van der Waals surface area (Å²) in [5, 5.41) is 8.25. The summed E-state index contributed by atoms with van der Waals surface area (Å²) in [7, 11) is 2.27. The third-order valence-electron chi connectivity index (χ3n) is 4.80. The molecule has 0 aromatic carbocycles. The van der Waals surface area contributed by atoms with E-state index >= 15 is 0 Å². The maximum atomic E-state index is 4.66. The highest BCUT2D eigenvalue weighted by atomic mass is 15.3. The van der Waals surface area contributed by atoms with Crippen molar-refractivity contribution >= 4 is 0 Å². The molecule has 1 N–H and O–H groups in total. The Morgan fingerprint density at radius 3 is 2.52 bits per heavy atom. The molecule has 0 atom stereocenters. The van der Waals surface area contributed by atoms with Crippen LogP contribution in [0.1, 0.15) is 57.8 Å². The molecule has 1 aliphatic carbocycles. The minimum absolute atomic E-state index is 0.727. The molecule has 1 saturated carbocycles. The zero-order valence-corrected chi connectivity index (χ0v) is 14.2. The minimum atomic E-state index is 0.727. The van der Waals surface area contributed by atoms with Crippen molar-refractivity contribution in [3.8, 4) is 0 Å². The summed E-state index contributed by atoms with van der Waals surface area (Å²) in [5.41, 5.74) is 2.58. The van der Waals surface area contributed by atoms with Gasteiger partial charge in [-0.05, 0) is 58.7 Å².